The lowest BCUT2D eigenvalue weighted by molar-refractivity contribution is -0.113. The van der Waals surface area contributed by atoms with Gasteiger partial charge in [-0.3, -0.25) is 9.36 Å². The van der Waals surface area contributed by atoms with E-state index in [0.29, 0.717) is 28.2 Å². The molecule has 1 amide bonds. The van der Waals surface area contributed by atoms with Gasteiger partial charge in [-0.15, -0.1) is 16.8 Å². The highest BCUT2D eigenvalue weighted by Gasteiger charge is 2.15. The van der Waals surface area contributed by atoms with E-state index >= 15 is 0 Å². The summed E-state index contributed by atoms with van der Waals surface area (Å²) in [5, 5.41) is 14.7. The number of amides is 1. The first kappa shape index (κ1) is 23.4. The van der Waals surface area contributed by atoms with Crippen LogP contribution in [-0.2, 0) is 17.9 Å². The van der Waals surface area contributed by atoms with Crippen LogP contribution < -0.4 is 10.1 Å². The molecule has 0 unspecified atom stereocenters. The maximum atomic E-state index is 12.4. The van der Waals surface area contributed by atoms with E-state index in [2.05, 4.69) is 38.0 Å². The number of carbonyl (C=O) groups excluding carboxylic acids is 1. The Hall–Kier alpha value is -2.81. The molecule has 0 atom stereocenters. The summed E-state index contributed by atoms with van der Waals surface area (Å²) >= 11 is 10.7. The Morgan fingerprint density at radius 2 is 2.00 bits per heavy atom. The number of fused-ring (bicyclic) bond motifs is 1. The van der Waals surface area contributed by atoms with Crippen molar-refractivity contribution in [3.05, 3.63) is 88.6 Å². The third-order valence-corrected chi connectivity index (χ3v) is 6.95. The molecule has 1 aromatic heterocycles. The summed E-state index contributed by atoms with van der Waals surface area (Å²) in [6, 6.07) is 19.3. The monoisotopic (exact) mass is 542 g/mol. The predicted molar refractivity (Wildman–Crippen MR) is 137 cm³/mol. The molecule has 33 heavy (non-hydrogen) atoms. The Morgan fingerprint density at radius 1 is 1.18 bits per heavy atom. The number of benzene rings is 3. The molecule has 9 heteroatoms. The molecule has 1 N–H and O–H groups in total. The number of thioether (sulfide) groups is 1. The second kappa shape index (κ2) is 10.9. The van der Waals surface area contributed by atoms with Crippen molar-refractivity contribution in [1.29, 1.82) is 0 Å². The van der Waals surface area contributed by atoms with E-state index in [1.165, 1.54) is 11.8 Å². The zero-order valence-electron chi connectivity index (χ0n) is 17.5. The third kappa shape index (κ3) is 5.76. The lowest BCUT2D eigenvalue weighted by Crippen LogP contribution is -2.15. The summed E-state index contributed by atoms with van der Waals surface area (Å²) < 4.78 is 8.73. The molecule has 0 saturated carbocycles. The average Bonchev–Trinajstić information content (AvgIpc) is 3.20. The van der Waals surface area contributed by atoms with E-state index in [-0.39, 0.29) is 18.3 Å². The maximum Gasteiger partial charge on any atom is 0.234 e. The minimum atomic E-state index is -0.167. The predicted octanol–water partition coefficient (Wildman–Crippen LogP) is 6.34. The lowest BCUT2D eigenvalue weighted by atomic mass is 10.1. The molecule has 3 aromatic carbocycles. The van der Waals surface area contributed by atoms with Crippen LogP contribution in [0.4, 0.5) is 5.69 Å². The van der Waals surface area contributed by atoms with Gasteiger partial charge < -0.3 is 10.1 Å². The van der Waals surface area contributed by atoms with Crippen molar-refractivity contribution in [3.63, 3.8) is 0 Å². The second-order valence-corrected chi connectivity index (χ2v) is 9.23. The fourth-order valence-electron chi connectivity index (χ4n) is 3.21. The number of rotatable bonds is 9. The molecule has 168 valence electrons. The Labute approximate surface area is 209 Å². The van der Waals surface area contributed by atoms with Crippen LogP contribution in [0.5, 0.6) is 5.75 Å². The standard InChI is InChI=1S/C24H20BrClN4O2S/c1-2-12-30-22(14-32-21-9-5-7-16-6-3-4-8-18(16)21)28-29-24(30)33-15-23(31)27-17-10-11-19(25)20(26)13-17/h2-11,13H,1,12,14-15H2,(H,27,31). The van der Waals surface area contributed by atoms with Crippen molar-refractivity contribution >= 4 is 61.7 Å². The van der Waals surface area contributed by atoms with Crippen molar-refractivity contribution in [2.24, 2.45) is 0 Å². The van der Waals surface area contributed by atoms with Crippen molar-refractivity contribution in [2.45, 2.75) is 18.3 Å². The van der Waals surface area contributed by atoms with Crippen molar-refractivity contribution in [3.8, 4) is 5.75 Å². The van der Waals surface area contributed by atoms with Crippen molar-refractivity contribution in [2.75, 3.05) is 11.1 Å². The molecule has 0 radical (unpaired) electrons. The smallest absolute Gasteiger partial charge is 0.234 e. The summed E-state index contributed by atoms with van der Waals surface area (Å²) in [7, 11) is 0. The van der Waals surface area contributed by atoms with E-state index in [9.17, 15) is 4.79 Å². The van der Waals surface area contributed by atoms with E-state index in [1.807, 2.05) is 47.0 Å². The third-order valence-electron chi connectivity index (χ3n) is 4.75. The number of carbonyl (C=O) groups is 1. The average molecular weight is 544 g/mol. The van der Waals surface area contributed by atoms with E-state index in [4.69, 9.17) is 16.3 Å². The zero-order chi connectivity index (χ0) is 23.2. The molecule has 4 aromatic rings. The van der Waals surface area contributed by atoms with Gasteiger partial charge >= 0.3 is 0 Å². The van der Waals surface area contributed by atoms with E-state index in [0.717, 1.165) is 21.0 Å². The molecule has 0 bridgehead atoms. The number of halogens is 2. The molecule has 0 aliphatic heterocycles. The quantitative estimate of drug-likeness (QED) is 0.197. The maximum absolute atomic E-state index is 12.4. The van der Waals surface area contributed by atoms with Gasteiger partial charge in [-0.2, -0.15) is 0 Å². The van der Waals surface area contributed by atoms with Crippen LogP contribution >= 0.6 is 39.3 Å². The molecular formula is C24H20BrClN4O2S. The van der Waals surface area contributed by atoms with E-state index < -0.39 is 0 Å². The van der Waals surface area contributed by atoms with Gasteiger partial charge in [-0.05, 0) is 45.6 Å². The number of anilines is 1. The van der Waals surface area contributed by atoms with Crippen LogP contribution in [0.2, 0.25) is 5.02 Å². The van der Waals surface area contributed by atoms with Crippen LogP contribution in [0.1, 0.15) is 5.82 Å². The van der Waals surface area contributed by atoms with Gasteiger partial charge in [-0.1, -0.05) is 65.8 Å². The fourth-order valence-corrected chi connectivity index (χ4v) is 4.40. The molecule has 0 aliphatic rings. The Bertz CT molecular complexity index is 1310. The number of ether oxygens (including phenoxy) is 1. The van der Waals surface area contributed by atoms with Gasteiger partial charge in [0.25, 0.3) is 0 Å². The first-order valence-electron chi connectivity index (χ1n) is 10.1. The molecule has 0 spiro atoms. The number of nitrogens with zero attached hydrogens (tertiary/aromatic N) is 3. The molecule has 0 saturated heterocycles. The highest BCUT2D eigenvalue weighted by molar-refractivity contribution is 9.10. The van der Waals surface area contributed by atoms with Crippen LogP contribution in [0, 0.1) is 0 Å². The van der Waals surface area contributed by atoms with Gasteiger partial charge in [0.05, 0.1) is 10.8 Å². The van der Waals surface area contributed by atoms with Gasteiger partial charge in [0.2, 0.25) is 5.91 Å². The summed E-state index contributed by atoms with van der Waals surface area (Å²) in [5.74, 6) is 1.45. The number of hydrogen-bond donors (Lipinski definition) is 1. The van der Waals surface area contributed by atoms with Gasteiger partial charge in [-0.25, -0.2) is 0 Å². The van der Waals surface area contributed by atoms with Crippen molar-refractivity contribution in [1.82, 2.24) is 14.8 Å². The molecule has 1 heterocycles. The highest BCUT2D eigenvalue weighted by atomic mass is 79.9. The Morgan fingerprint density at radius 3 is 2.82 bits per heavy atom. The largest absolute Gasteiger partial charge is 0.485 e. The molecule has 4 rings (SSSR count). The second-order valence-electron chi connectivity index (χ2n) is 7.03. The Balaban J connectivity index is 1.42. The minimum absolute atomic E-state index is 0.167. The zero-order valence-corrected chi connectivity index (χ0v) is 20.7. The lowest BCUT2D eigenvalue weighted by Gasteiger charge is -2.11. The van der Waals surface area contributed by atoms with Gasteiger partial charge in [0.15, 0.2) is 11.0 Å². The van der Waals surface area contributed by atoms with Gasteiger partial charge in [0.1, 0.15) is 12.4 Å². The number of aromatic nitrogens is 3. The fraction of sp³-hybridized carbons (Fsp3) is 0.125. The van der Waals surface area contributed by atoms with Crippen LogP contribution in [0.15, 0.2) is 82.9 Å². The number of allylic oxidation sites excluding steroid dienone is 1. The topological polar surface area (TPSA) is 69.0 Å². The SMILES string of the molecule is C=CCn1c(COc2cccc3ccccc23)nnc1SCC(=O)Nc1ccc(Br)c(Cl)c1. The highest BCUT2D eigenvalue weighted by Crippen LogP contribution is 2.27. The van der Waals surface area contributed by atoms with Crippen LogP contribution in [-0.4, -0.2) is 26.4 Å². The first-order valence-corrected chi connectivity index (χ1v) is 12.2. The summed E-state index contributed by atoms with van der Waals surface area (Å²) in [5.41, 5.74) is 0.630. The van der Waals surface area contributed by atoms with Crippen LogP contribution in [0.25, 0.3) is 10.8 Å². The normalized spacial score (nSPS) is 10.8. The summed E-state index contributed by atoms with van der Waals surface area (Å²) in [6.45, 7) is 4.58. The van der Waals surface area contributed by atoms with Crippen LogP contribution in [0.3, 0.4) is 0 Å². The Kier molecular flexibility index (Phi) is 7.69. The summed E-state index contributed by atoms with van der Waals surface area (Å²) in [4.78, 5) is 12.4. The number of hydrogen-bond acceptors (Lipinski definition) is 5. The van der Waals surface area contributed by atoms with E-state index in [1.54, 1.807) is 24.3 Å². The first-order chi connectivity index (χ1) is 16.0. The molecular weight excluding hydrogens is 524 g/mol. The number of nitrogens with one attached hydrogen (secondary N) is 1. The molecule has 6 nitrogen and oxygen atoms in total. The summed E-state index contributed by atoms with van der Waals surface area (Å²) in [6.07, 6.45) is 1.76. The minimum Gasteiger partial charge on any atom is -0.485 e. The van der Waals surface area contributed by atoms with Gasteiger partial charge in [0, 0.05) is 22.1 Å². The molecule has 0 fully saturated rings. The van der Waals surface area contributed by atoms with Crippen molar-refractivity contribution < 1.29 is 9.53 Å². The molecule has 0 aliphatic carbocycles.